The number of allylic oxidation sites excluding steroid dienone is 3. The van der Waals surface area contributed by atoms with Crippen LogP contribution in [0.2, 0.25) is 0 Å². The van der Waals surface area contributed by atoms with Gasteiger partial charge < -0.3 is 10.2 Å². The first-order valence-electron chi connectivity index (χ1n) is 8.73. The van der Waals surface area contributed by atoms with E-state index in [0.29, 0.717) is 0 Å². The van der Waals surface area contributed by atoms with Gasteiger partial charge in [0.2, 0.25) is 0 Å². The monoisotopic (exact) mass is 350 g/mol. The molecule has 2 N–H and O–H groups in total. The number of hydrogen-bond donors (Lipinski definition) is 2. The van der Waals surface area contributed by atoms with Gasteiger partial charge in [-0.15, -0.1) is 0 Å². The van der Waals surface area contributed by atoms with E-state index in [-0.39, 0.29) is 12.8 Å². The summed E-state index contributed by atoms with van der Waals surface area (Å²) in [5.74, 6) is -5.04. The number of aliphatic hydroxyl groups excluding tert-OH is 1. The topological polar surface area (TPSA) is 91.7 Å². The minimum absolute atomic E-state index is 0.0474. The molecule has 0 bridgehead atoms. The third-order valence-corrected chi connectivity index (χ3v) is 4.69. The molecular formula is C20H30O5. The number of ketones is 3. The van der Waals surface area contributed by atoms with Crippen molar-refractivity contribution in [1.82, 2.24) is 0 Å². The molecule has 1 aliphatic carbocycles. The normalized spacial score (nSPS) is 27.4. The zero-order chi connectivity index (χ0) is 19.5. The van der Waals surface area contributed by atoms with Crippen LogP contribution < -0.4 is 0 Å². The predicted octanol–water partition coefficient (Wildman–Crippen LogP) is 2.40. The van der Waals surface area contributed by atoms with Crippen molar-refractivity contribution in [3.63, 3.8) is 0 Å². The van der Waals surface area contributed by atoms with Crippen molar-refractivity contribution in [1.29, 1.82) is 0 Å². The van der Waals surface area contributed by atoms with E-state index in [1.807, 2.05) is 27.7 Å². The highest BCUT2D eigenvalue weighted by Gasteiger charge is 2.63. The molecule has 0 saturated heterocycles. The first-order valence-corrected chi connectivity index (χ1v) is 8.73. The lowest BCUT2D eigenvalue weighted by molar-refractivity contribution is -0.155. The van der Waals surface area contributed by atoms with Crippen molar-refractivity contribution in [2.45, 2.75) is 66.1 Å². The van der Waals surface area contributed by atoms with Crippen molar-refractivity contribution >= 4 is 17.3 Å². The molecular weight excluding hydrogens is 320 g/mol. The Bertz CT molecular complexity index is 606. The SMILES string of the molecule is CC(C)=CCC(O)[C@@]1(O)C(=O)C(C(=O)C(C)C)C(=O)[C@@H]1CC=C(C)C. The fraction of sp³-hybridized carbons (Fsp3) is 0.650. The summed E-state index contributed by atoms with van der Waals surface area (Å²) in [6.07, 6.45) is 2.19. The van der Waals surface area contributed by atoms with Crippen LogP contribution in [0.4, 0.5) is 0 Å². The van der Waals surface area contributed by atoms with Crippen LogP contribution in [0.1, 0.15) is 54.4 Å². The lowest BCUT2D eigenvalue weighted by Gasteiger charge is -2.31. The maximum atomic E-state index is 12.8. The summed E-state index contributed by atoms with van der Waals surface area (Å²) in [5.41, 5.74) is -0.375. The van der Waals surface area contributed by atoms with Crippen molar-refractivity contribution in [3.05, 3.63) is 23.3 Å². The number of carbonyl (C=O) groups excluding carboxylic acids is 3. The summed E-state index contributed by atoms with van der Waals surface area (Å²) < 4.78 is 0. The fourth-order valence-electron chi connectivity index (χ4n) is 3.13. The van der Waals surface area contributed by atoms with Gasteiger partial charge in [-0.3, -0.25) is 14.4 Å². The first kappa shape index (κ1) is 21.5. The van der Waals surface area contributed by atoms with Crippen molar-refractivity contribution in [2.24, 2.45) is 17.8 Å². The Kier molecular flexibility index (Phi) is 7.03. The standard InChI is InChI=1S/C20H30O5/c1-11(2)7-9-14-18(23)16(17(22)13(5)6)19(24)20(14,25)15(21)10-8-12(3)4/h7-8,13-16,21,25H,9-10H2,1-6H3/t14-,15?,16?,20+/m0/s1. The van der Waals surface area contributed by atoms with Crippen molar-refractivity contribution in [2.75, 3.05) is 0 Å². The number of Topliss-reactive ketones (excluding diaryl/α,β-unsaturated/α-hetero) is 3. The van der Waals surface area contributed by atoms with Gasteiger partial charge in [-0.25, -0.2) is 0 Å². The molecule has 4 atom stereocenters. The smallest absolute Gasteiger partial charge is 0.185 e. The molecule has 0 aromatic heterocycles. The van der Waals surface area contributed by atoms with Gasteiger partial charge in [-0.05, 0) is 40.5 Å². The molecule has 0 aromatic carbocycles. The lowest BCUT2D eigenvalue weighted by atomic mass is 9.80. The van der Waals surface area contributed by atoms with E-state index < -0.39 is 46.8 Å². The first-order chi connectivity index (χ1) is 11.4. The maximum Gasteiger partial charge on any atom is 0.185 e. The van der Waals surface area contributed by atoms with E-state index >= 15 is 0 Å². The molecule has 1 rings (SSSR count). The molecule has 5 heteroatoms. The van der Waals surface area contributed by atoms with Crippen LogP contribution in [0.3, 0.4) is 0 Å². The van der Waals surface area contributed by atoms with Crippen LogP contribution in [0.5, 0.6) is 0 Å². The second-order valence-corrected chi connectivity index (χ2v) is 7.68. The van der Waals surface area contributed by atoms with E-state index in [2.05, 4.69) is 0 Å². The van der Waals surface area contributed by atoms with Gasteiger partial charge in [0, 0.05) is 5.92 Å². The van der Waals surface area contributed by atoms with Crippen LogP contribution in [0.25, 0.3) is 0 Å². The van der Waals surface area contributed by atoms with E-state index in [1.165, 1.54) is 0 Å². The zero-order valence-electron chi connectivity index (χ0n) is 16.0. The van der Waals surface area contributed by atoms with E-state index in [1.54, 1.807) is 26.0 Å². The van der Waals surface area contributed by atoms with E-state index in [0.717, 1.165) is 11.1 Å². The second-order valence-electron chi connectivity index (χ2n) is 7.68. The van der Waals surface area contributed by atoms with Crippen LogP contribution in [0, 0.1) is 17.8 Å². The minimum Gasteiger partial charge on any atom is -0.389 e. The third kappa shape index (κ3) is 4.33. The fourth-order valence-corrected chi connectivity index (χ4v) is 3.13. The van der Waals surface area contributed by atoms with E-state index in [9.17, 15) is 24.6 Å². The summed E-state index contributed by atoms with van der Waals surface area (Å²) in [6.45, 7) is 10.6. The number of aliphatic hydroxyl groups is 2. The maximum absolute atomic E-state index is 12.8. The molecule has 0 heterocycles. The predicted molar refractivity (Wildman–Crippen MR) is 95.9 cm³/mol. The minimum atomic E-state index is -2.23. The average Bonchev–Trinajstić information content (AvgIpc) is 2.69. The molecule has 0 aromatic rings. The Hall–Kier alpha value is -1.59. The molecule has 1 fully saturated rings. The summed E-state index contributed by atoms with van der Waals surface area (Å²) >= 11 is 0. The summed E-state index contributed by atoms with van der Waals surface area (Å²) in [6, 6.07) is 0. The summed E-state index contributed by atoms with van der Waals surface area (Å²) in [4.78, 5) is 38.0. The molecule has 1 saturated carbocycles. The zero-order valence-corrected chi connectivity index (χ0v) is 16.0. The van der Waals surface area contributed by atoms with Gasteiger partial charge in [0.15, 0.2) is 23.0 Å². The van der Waals surface area contributed by atoms with Gasteiger partial charge >= 0.3 is 0 Å². The van der Waals surface area contributed by atoms with Crippen molar-refractivity contribution in [3.8, 4) is 0 Å². The summed E-state index contributed by atoms with van der Waals surface area (Å²) in [7, 11) is 0. The largest absolute Gasteiger partial charge is 0.389 e. The molecule has 0 amide bonds. The van der Waals surface area contributed by atoms with Crippen LogP contribution in [0.15, 0.2) is 23.3 Å². The average molecular weight is 350 g/mol. The summed E-state index contributed by atoms with van der Waals surface area (Å²) in [5, 5.41) is 21.6. The third-order valence-electron chi connectivity index (χ3n) is 4.69. The number of carbonyl (C=O) groups is 3. The molecule has 140 valence electrons. The lowest BCUT2D eigenvalue weighted by Crippen LogP contribution is -2.52. The van der Waals surface area contributed by atoms with E-state index in [4.69, 9.17) is 0 Å². The van der Waals surface area contributed by atoms with Crippen molar-refractivity contribution < 1.29 is 24.6 Å². The second kappa shape index (κ2) is 8.19. The highest BCUT2D eigenvalue weighted by Crippen LogP contribution is 2.41. The van der Waals surface area contributed by atoms with Gasteiger partial charge in [-0.2, -0.15) is 0 Å². The molecule has 25 heavy (non-hydrogen) atoms. The Balaban J connectivity index is 3.34. The molecule has 0 radical (unpaired) electrons. The molecule has 0 aliphatic heterocycles. The number of rotatable bonds is 7. The molecule has 1 aliphatic rings. The highest BCUT2D eigenvalue weighted by molar-refractivity contribution is 6.27. The van der Waals surface area contributed by atoms with Crippen LogP contribution >= 0.6 is 0 Å². The molecule has 5 nitrogen and oxygen atoms in total. The van der Waals surface area contributed by atoms with Crippen LogP contribution in [-0.4, -0.2) is 39.3 Å². The van der Waals surface area contributed by atoms with Gasteiger partial charge in [0.1, 0.15) is 5.92 Å². The Morgan fingerprint density at radius 2 is 1.64 bits per heavy atom. The van der Waals surface area contributed by atoms with Crippen LogP contribution in [-0.2, 0) is 14.4 Å². The van der Waals surface area contributed by atoms with Gasteiger partial charge in [0.25, 0.3) is 0 Å². The van der Waals surface area contributed by atoms with Gasteiger partial charge in [-0.1, -0.05) is 37.1 Å². The highest BCUT2D eigenvalue weighted by atomic mass is 16.4. The molecule has 0 spiro atoms. The quantitative estimate of drug-likeness (QED) is 0.543. The Morgan fingerprint density at radius 3 is 2.08 bits per heavy atom. The molecule has 2 unspecified atom stereocenters. The van der Waals surface area contributed by atoms with Gasteiger partial charge in [0.05, 0.1) is 12.0 Å². The Morgan fingerprint density at radius 1 is 1.12 bits per heavy atom. The Labute approximate surface area is 149 Å². The number of hydrogen-bond acceptors (Lipinski definition) is 5.